The third kappa shape index (κ3) is 5.71. The summed E-state index contributed by atoms with van der Waals surface area (Å²) in [5, 5.41) is 3.23. The highest BCUT2D eigenvalue weighted by atomic mass is 15.3. The summed E-state index contributed by atoms with van der Waals surface area (Å²) >= 11 is 0. The topological polar surface area (TPSA) is 83.2 Å². The highest BCUT2D eigenvalue weighted by molar-refractivity contribution is 5.41. The van der Waals surface area contributed by atoms with Crippen molar-refractivity contribution >= 4 is 17.8 Å². The van der Waals surface area contributed by atoms with Gasteiger partial charge in [0.05, 0.1) is 0 Å². The van der Waals surface area contributed by atoms with E-state index < -0.39 is 0 Å². The number of anilines is 3. The Balaban J connectivity index is 2.55. The van der Waals surface area contributed by atoms with Crippen molar-refractivity contribution in [3.63, 3.8) is 0 Å². The minimum absolute atomic E-state index is 0.258. The van der Waals surface area contributed by atoms with Crippen LogP contribution in [0.1, 0.15) is 34.1 Å². The predicted molar refractivity (Wildman–Crippen MR) is 88.7 cm³/mol. The SMILES string of the molecule is CCN(CC)c1nc(N)nc(NCCCN(C)C(C)C)n1. The maximum atomic E-state index is 5.76. The molecule has 1 aromatic heterocycles. The second-order valence-electron chi connectivity index (χ2n) is 5.34. The van der Waals surface area contributed by atoms with E-state index in [0.29, 0.717) is 17.9 Å². The fourth-order valence-corrected chi connectivity index (χ4v) is 1.89. The van der Waals surface area contributed by atoms with Gasteiger partial charge in [-0.15, -0.1) is 0 Å². The standard InChI is InChI=1S/C14H29N7/c1-6-21(7-2)14-18-12(15)17-13(19-14)16-9-8-10-20(5)11(3)4/h11H,6-10H2,1-5H3,(H3,15,16,17,18,19). The highest BCUT2D eigenvalue weighted by Crippen LogP contribution is 2.11. The van der Waals surface area contributed by atoms with Crippen molar-refractivity contribution in [3.8, 4) is 0 Å². The van der Waals surface area contributed by atoms with Crippen molar-refractivity contribution in [2.24, 2.45) is 0 Å². The molecule has 0 amide bonds. The maximum absolute atomic E-state index is 5.76. The summed E-state index contributed by atoms with van der Waals surface area (Å²) in [6.45, 7) is 12.1. The van der Waals surface area contributed by atoms with Crippen LogP contribution in [0.5, 0.6) is 0 Å². The first-order valence-corrected chi connectivity index (χ1v) is 7.68. The van der Waals surface area contributed by atoms with E-state index in [-0.39, 0.29) is 5.95 Å². The number of nitrogens with zero attached hydrogens (tertiary/aromatic N) is 5. The molecule has 0 unspecified atom stereocenters. The fourth-order valence-electron chi connectivity index (χ4n) is 1.89. The summed E-state index contributed by atoms with van der Waals surface area (Å²) in [5.74, 6) is 1.44. The molecule has 0 radical (unpaired) electrons. The molecule has 0 bridgehead atoms. The lowest BCUT2D eigenvalue weighted by Gasteiger charge is -2.21. The van der Waals surface area contributed by atoms with E-state index in [1.54, 1.807) is 0 Å². The molecule has 0 aliphatic rings. The minimum Gasteiger partial charge on any atom is -0.368 e. The van der Waals surface area contributed by atoms with Gasteiger partial charge in [-0.2, -0.15) is 15.0 Å². The van der Waals surface area contributed by atoms with Crippen LogP contribution in [0, 0.1) is 0 Å². The fraction of sp³-hybridized carbons (Fsp3) is 0.786. The van der Waals surface area contributed by atoms with Gasteiger partial charge >= 0.3 is 0 Å². The van der Waals surface area contributed by atoms with Crippen molar-refractivity contribution < 1.29 is 0 Å². The van der Waals surface area contributed by atoms with Crippen LogP contribution in [0.4, 0.5) is 17.8 Å². The monoisotopic (exact) mass is 295 g/mol. The van der Waals surface area contributed by atoms with Crippen molar-refractivity contribution in [1.82, 2.24) is 19.9 Å². The van der Waals surface area contributed by atoms with Crippen LogP contribution in [0.3, 0.4) is 0 Å². The molecular formula is C14H29N7. The quantitative estimate of drug-likeness (QED) is 0.667. The Bertz CT molecular complexity index is 418. The zero-order chi connectivity index (χ0) is 15.8. The maximum Gasteiger partial charge on any atom is 0.231 e. The average molecular weight is 295 g/mol. The summed E-state index contributed by atoms with van der Waals surface area (Å²) in [7, 11) is 2.13. The average Bonchev–Trinajstić information content (AvgIpc) is 2.44. The molecule has 1 aromatic rings. The van der Waals surface area contributed by atoms with Crippen LogP contribution in [-0.4, -0.2) is 59.1 Å². The van der Waals surface area contributed by atoms with Gasteiger partial charge in [0, 0.05) is 25.7 Å². The van der Waals surface area contributed by atoms with Crippen LogP contribution in [0.2, 0.25) is 0 Å². The van der Waals surface area contributed by atoms with Gasteiger partial charge in [0.25, 0.3) is 0 Å². The van der Waals surface area contributed by atoms with Crippen LogP contribution in [0.25, 0.3) is 0 Å². The summed E-state index contributed by atoms with van der Waals surface area (Å²) < 4.78 is 0. The first-order valence-electron chi connectivity index (χ1n) is 7.68. The van der Waals surface area contributed by atoms with Crippen molar-refractivity contribution in [2.45, 2.75) is 40.2 Å². The molecule has 0 saturated heterocycles. The number of nitrogens with one attached hydrogen (secondary N) is 1. The first kappa shape index (κ1) is 17.4. The molecule has 1 rings (SSSR count). The molecule has 0 fully saturated rings. The molecule has 7 heteroatoms. The molecule has 0 aliphatic heterocycles. The van der Waals surface area contributed by atoms with Crippen molar-refractivity contribution in [3.05, 3.63) is 0 Å². The second-order valence-corrected chi connectivity index (χ2v) is 5.34. The molecule has 1 heterocycles. The Morgan fingerprint density at radius 3 is 2.38 bits per heavy atom. The lowest BCUT2D eigenvalue weighted by Crippen LogP contribution is -2.28. The van der Waals surface area contributed by atoms with E-state index in [2.05, 4.69) is 64.8 Å². The lowest BCUT2D eigenvalue weighted by molar-refractivity contribution is 0.273. The molecule has 120 valence electrons. The van der Waals surface area contributed by atoms with Gasteiger partial charge < -0.3 is 20.9 Å². The van der Waals surface area contributed by atoms with E-state index in [1.165, 1.54) is 0 Å². The van der Waals surface area contributed by atoms with E-state index >= 15 is 0 Å². The van der Waals surface area contributed by atoms with Crippen LogP contribution >= 0.6 is 0 Å². The summed E-state index contributed by atoms with van der Waals surface area (Å²) in [4.78, 5) is 17.1. The van der Waals surface area contributed by atoms with Gasteiger partial charge in [-0.25, -0.2) is 0 Å². The molecule has 0 aromatic carbocycles. The normalized spacial score (nSPS) is 11.2. The summed E-state index contributed by atoms with van der Waals surface area (Å²) in [6, 6.07) is 0.562. The first-order chi connectivity index (χ1) is 9.97. The van der Waals surface area contributed by atoms with Gasteiger partial charge in [-0.1, -0.05) is 0 Å². The summed E-state index contributed by atoms with van der Waals surface area (Å²) in [5.41, 5.74) is 5.76. The largest absolute Gasteiger partial charge is 0.368 e. The minimum atomic E-state index is 0.258. The van der Waals surface area contributed by atoms with Gasteiger partial charge in [0.15, 0.2) is 0 Å². The van der Waals surface area contributed by atoms with Crippen LogP contribution in [0.15, 0.2) is 0 Å². The van der Waals surface area contributed by atoms with Crippen LogP contribution < -0.4 is 16.0 Å². The Kier molecular flexibility index (Phi) is 7.14. The second kappa shape index (κ2) is 8.61. The summed E-state index contributed by atoms with van der Waals surface area (Å²) in [6.07, 6.45) is 1.03. The lowest BCUT2D eigenvalue weighted by atomic mass is 10.3. The third-order valence-corrected chi connectivity index (χ3v) is 3.54. The van der Waals surface area contributed by atoms with Crippen molar-refractivity contribution in [1.29, 1.82) is 0 Å². The molecule has 3 N–H and O–H groups in total. The number of nitrogens with two attached hydrogens (primary N) is 1. The Morgan fingerprint density at radius 1 is 1.14 bits per heavy atom. The van der Waals surface area contributed by atoms with E-state index in [1.807, 2.05) is 0 Å². The third-order valence-electron chi connectivity index (χ3n) is 3.54. The van der Waals surface area contributed by atoms with Gasteiger partial charge in [-0.05, 0) is 47.7 Å². The molecule has 0 aliphatic carbocycles. The predicted octanol–water partition coefficient (Wildman–Crippen LogP) is 1.44. The van der Waals surface area contributed by atoms with Crippen molar-refractivity contribution in [2.75, 3.05) is 49.2 Å². The zero-order valence-corrected chi connectivity index (χ0v) is 13.9. The number of rotatable bonds is 9. The Hall–Kier alpha value is -1.63. The Morgan fingerprint density at radius 2 is 1.81 bits per heavy atom. The Labute approximate surface area is 128 Å². The van der Waals surface area contributed by atoms with E-state index in [0.717, 1.165) is 32.6 Å². The molecule has 0 atom stereocenters. The zero-order valence-electron chi connectivity index (χ0n) is 13.9. The number of nitrogen functional groups attached to an aromatic ring is 1. The van der Waals surface area contributed by atoms with E-state index in [4.69, 9.17) is 5.73 Å². The molecule has 0 spiro atoms. The van der Waals surface area contributed by atoms with Gasteiger partial charge in [-0.3, -0.25) is 0 Å². The van der Waals surface area contributed by atoms with Gasteiger partial charge in [0.1, 0.15) is 0 Å². The molecule has 0 saturated carbocycles. The smallest absolute Gasteiger partial charge is 0.231 e. The highest BCUT2D eigenvalue weighted by Gasteiger charge is 2.09. The van der Waals surface area contributed by atoms with Crippen LogP contribution in [-0.2, 0) is 0 Å². The number of hydrogen-bond donors (Lipinski definition) is 2. The molecule has 21 heavy (non-hydrogen) atoms. The van der Waals surface area contributed by atoms with Gasteiger partial charge in [0.2, 0.25) is 17.8 Å². The van der Waals surface area contributed by atoms with E-state index in [9.17, 15) is 0 Å². The number of hydrogen-bond acceptors (Lipinski definition) is 7. The number of aromatic nitrogens is 3. The molecule has 7 nitrogen and oxygen atoms in total. The molecular weight excluding hydrogens is 266 g/mol.